The van der Waals surface area contributed by atoms with Crippen LogP contribution in [0.25, 0.3) is 0 Å². The highest BCUT2D eigenvalue weighted by atomic mass is 15.1. The van der Waals surface area contributed by atoms with Gasteiger partial charge in [0.1, 0.15) is 17.5 Å². The number of aryl methyl sites for hydroxylation is 1. The topological polar surface area (TPSA) is 49.8 Å². The van der Waals surface area contributed by atoms with Crippen molar-refractivity contribution in [3.05, 3.63) is 11.4 Å². The zero-order valence-corrected chi connectivity index (χ0v) is 12.6. The van der Waals surface area contributed by atoms with E-state index in [1.54, 1.807) is 0 Å². The van der Waals surface area contributed by atoms with Crippen LogP contribution >= 0.6 is 0 Å². The second-order valence-electron chi connectivity index (χ2n) is 5.47. The number of aromatic nitrogens is 2. The number of anilines is 2. The van der Waals surface area contributed by atoms with Gasteiger partial charge in [-0.05, 0) is 39.5 Å². The van der Waals surface area contributed by atoms with E-state index in [2.05, 4.69) is 48.3 Å². The van der Waals surface area contributed by atoms with Gasteiger partial charge in [0.25, 0.3) is 0 Å². The molecular formula is C15H26N4. The molecule has 4 nitrogen and oxygen atoms in total. The molecule has 2 rings (SSSR count). The highest BCUT2D eigenvalue weighted by Crippen LogP contribution is 2.31. The van der Waals surface area contributed by atoms with Crippen LogP contribution in [-0.4, -0.2) is 22.6 Å². The summed E-state index contributed by atoms with van der Waals surface area (Å²) < 4.78 is 0. The highest BCUT2D eigenvalue weighted by Gasteiger charge is 2.24. The average Bonchev–Trinajstić information content (AvgIpc) is 2.32. The summed E-state index contributed by atoms with van der Waals surface area (Å²) in [7, 11) is 0. The molecule has 1 saturated carbocycles. The van der Waals surface area contributed by atoms with Crippen molar-refractivity contribution < 1.29 is 0 Å². The van der Waals surface area contributed by atoms with Gasteiger partial charge in [0.2, 0.25) is 0 Å². The first-order valence-electron chi connectivity index (χ1n) is 7.53. The molecule has 0 aliphatic heterocycles. The lowest BCUT2D eigenvalue weighted by molar-refractivity contribution is 0.285. The van der Waals surface area contributed by atoms with Crippen LogP contribution in [0.5, 0.6) is 0 Å². The Labute approximate surface area is 116 Å². The Bertz CT molecular complexity index is 426. The van der Waals surface area contributed by atoms with Gasteiger partial charge in [0.15, 0.2) is 0 Å². The Kier molecular flexibility index (Phi) is 4.61. The minimum atomic E-state index is 0.501. The zero-order valence-electron chi connectivity index (χ0n) is 12.6. The largest absolute Gasteiger partial charge is 0.370 e. The molecule has 1 atom stereocenters. The molecule has 0 aromatic carbocycles. The van der Waals surface area contributed by atoms with E-state index in [1.165, 1.54) is 19.3 Å². The van der Waals surface area contributed by atoms with Crippen molar-refractivity contribution in [2.45, 2.75) is 59.4 Å². The molecule has 19 heavy (non-hydrogen) atoms. The van der Waals surface area contributed by atoms with Crippen LogP contribution in [-0.2, 0) is 6.42 Å². The molecule has 0 amide bonds. The third-order valence-corrected chi connectivity index (χ3v) is 4.07. The van der Waals surface area contributed by atoms with E-state index in [0.717, 1.165) is 41.9 Å². The standard InChI is InChI=1S/C15H26N4/c1-5-13-18-14(16-6-2)10(3)15(19-13)17-11(4)12-8-7-9-12/h11-12H,5-9H2,1-4H3,(H2,16,17,18,19). The van der Waals surface area contributed by atoms with Crippen molar-refractivity contribution in [2.24, 2.45) is 5.92 Å². The van der Waals surface area contributed by atoms with Gasteiger partial charge in [0, 0.05) is 24.6 Å². The third kappa shape index (κ3) is 3.17. The Morgan fingerprint density at radius 2 is 1.89 bits per heavy atom. The molecule has 1 aromatic rings. The molecule has 1 aromatic heterocycles. The first kappa shape index (κ1) is 14.1. The van der Waals surface area contributed by atoms with Crippen molar-refractivity contribution in [1.29, 1.82) is 0 Å². The fourth-order valence-electron chi connectivity index (χ4n) is 2.47. The second-order valence-corrected chi connectivity index (χ2v) is 5.47. The maximum absolute atomic E-state index is 4.65. The zero-order chi connectivity index (χ0) is 13.8. The predicted octanol–water partition coefficient (Wildman–Crippen LogP) is 3.38. The van der Waals surface area contributed by atoms with Gasteiger partial charge in [0.05, 0.1) is 0 Å². The van der Waals surface area contributed by atoms with Crippen LogP contribution in [0.2, 0.25) is 0 Å². The van der Waals surface area contributed by atoms with Gasteiger partial charge >= 0.3 is 0 Å². The summed E-state index contributed by atoms with van der Waals surface area (Å²) in [6.07, 6.45) is 4.94. The van der Waals surface area contributed by atoms with Crippen LogP contribution < -0.4 is 10.6 Å². The number of hydrogen-bond donors (Lipinski definition) is 2. The minimum absolute atomic E-state index is 0.501. The summed E-state index contributed by atoms with van der Waals surface area (Å²) in [6, 6.07) is 0.501. The van der Waals surface area contributed by atoms with Crippen LogP contribution in [0, 0.1) is 12.8 Å². The maximum atomic E-state index is 4.65. The van der Waals surface area contributed by atoms with Gasteiger partial charge in [-0.25, -0.2) is 9.97 Å². The van der Waals surface area contributed by atoms with Gasteiger partial charge in [-0.15, -0.1) is 0 Å². The van der Waals surface area contributed by atoms with E-state index in [1.807, 2.05) is 0 Å². The average molecular weight is 262 g/mol. The molecule has 1 fully saturated rings. The van der Waals surface area contributed by atoms with E-state index in [0.29, 0.717) is 6.04 Å². The summed E-state index contributed by atoms with van der Waals surface area (Å²) in [5.74, 6) is 3.69. The SMILES string of the molecule is CCNc1nc(CC)nc(NC(C)C2CCC2)c1C. The molecule has 1 aliphatic carbocycles. The number of hydrogen-bond acceptors (Lipinski definition) is 4. The highest BCUT2D eigenvalue weighted by molar-refractivity contribution is 5.57. The van der Waals surface area contributed by atoms with Crippen molar-refractivity contribution >= 4 is 11.6 Å². The maximum Gasteiger partial charge on any atom is 0.134 e. The lowest BCUT2D eigenvalue weighted by Gasteiger charge is -2.32. The first-order chi connectivity index (χ1) is 9.15. The number of nitrogens with one attached hydrogen (secondary N) is 2. The van der Waals surface area contributed by atoms with E-state index in [9.17, 15) is 0 Å². The Hall–Kier alpha value is -1.32. The van der Waals surface area contributed by atoms with Crippen LogP contribution in [0.15, 0.2) is 0 Å². The van der Waals surface area contributed by atoms with E-state index < -0.39 is 0 Å². The van der Waals surface area contributed by atoms with E-state index in [4.69, 9.17) is 0 Å². The summed E-state index contributed by atoms with van der Waals surface area (Å²) in [4.78, 5) is 9.22. The summed E-state index contributed by atoms with van der Waals surface area (Å²) in [5, 5.41) is 6.92. The van der Waals surface area contributed by atoms with Crippen molar-refractivity contribution in [3.8, 4) is 0 Å². The normalized spacial score (nSPS) is 16.8. The Morgan fingerprint density at radius 1 is 1.21 bits per heavy atom. The minimum Gasteiger partial charge on any atom is -0.370 e. The van der Waals surface area contributed by atoms with Crippen LogP contribution in [0.3, 0.4) is 0 Å². The lowest BCUT2D eigenvalue weighted by Crippen LogP contribution is -2.31. The first-order valence-corrected chi connectivity index (χ1v) is 7.53. The lowest BCUT2D eigenvalue weighted by atomic mass is 9.80. The fourth-order valence-corrected chi connectivity index (χ4v) is 2.47. The molecule has 4 heteroatoms. The van der Waals surface area contributed by atoms with Crippen molar-refractivity contribution in [2.75, 3.05) is 17.2 Å². The molecule has 106 valence electrons. The van der Waals surface area contributed by atoms with Gasteiger partial charge in [-0.1, -0.05) is 13.3 Å². The molecule has 1 unspecified atom stereocenters. The number of nitrogens with zero attached hydrogens (tertiary/aromatic N) is 2. The second kappa shape index (κ2) is 6.22. The summed E-state index contributed by atoms with van der Waals surface area (Å²) in [5.41, 5.74) is 1.13. The summed E-state index contributed by atoms with van der Waals surface area (Å²) in [6.45, 7) is 9.44. The summed E-state index contributed by atoms with van der Waals surface area (Å²) >= 11 is 0. The fraction of sp³-hybridized carbons (Fsp3) is 0.733. The van der Waals surface area contributed by atoms with Crippen molar-refractivity contribution in [1.82, 2.24) is 9.97 Å². The van der Waals surface area contributed by atoms with Gasteiger partial charge in [-0.3, -0.25) is 0 Å². The van der Waals surface area contributed by atoms with Crippen LogP contribution in [0.1, 0.15) is 51.4 Å². The monoisotopic (exact) mass is 262 g/mol. The van der Waals surface area contributed by atoms with Crippen molar-refractivity contribution in [3.63, 3.8) is 0 Å². The smallest absolute Gasteiger partial charge is 0.134 e. The molecular weight excluding hydrogens is 236 g/mol. The van der Waals surface area contributed by atoms with Gasteiger partial charge in [-0.2, -0.15) is 0 Å². The molecule has 0 radical (unpaired) electrons. The molecule has 0 bridgehead atoms. The quantitative estimate of drug-likeness (QED) is 0.825. The number of rotatable bonds is 6. The molecule has 2 N–H and O–H groups in total. The van der Waals surface area contributed by atoms with Gasteiger partial charge < -0.3 is 10.6 Å². The third-order valence-electron chi connectivity index (χ3n) is 4.07. The molecule has 1 heterocycles. The molecule has 0 spiro atoms. The Balaban J connectivity index is 2.19. The van der Waals surface area contributed by atoms with Crippen LogP contribution in [0.4, 0.5) is 11.6 Å². The predicted molar refractivity (Wildman–Crippen MR) is 80.7 cm³/mol. The van der Waals surface area contributed by atoms with E-state index >= 15 is 0 Å². The Morgan fingerprint density at radius 3 is 2.42 bits per heavy atom. The van der Waals surface area contributed by atoms with E-state index in [-0.39, 0.29) is 0 Å². The molecule has 0 saturated heterocycles. The molecule has 1 aliphatic rings.